The molecule has 2 fully saturated rings. The summed E-state index contributed by atoms with van der Waals surface area (Å²) in [6.07, 6.45) is -1.39. The van der Waals surface area contributed by atoms with Crippen LogP contribution in [-0.4, -0.2) is 30.2 Å². The Labute approximate surface area is 182 Å². The van der Waals surface area contributed by atoms with Crippen LogP contribution in [0.2, 0.25) is 10.0 Å². The first-order valence-electron chi connectivity index (χ1n) is 9.33. The molecule has 4 rings (SSSR count). The minimum absolute atomic E-state index is 0.0784. The van der Waals surface area contributed by atoms with Crippen molar-refractivity contribution in [2.45, 2.75) is 18.9 Å². The first-order valence-corrected chi connectivity index (χ1v) is 10.1. The number of fused-ring (bicyclic) bond motifs is 1. The normalized spacial score (nSPS) is 25.5. The molecule has 2 aromatic rings. The van der Waals surface area contributed by atoms with Gasteiger partial charge in [-0.05, 0) is 48.5 Å². The molecular weight excluding hydrogens is 429 g/mol. The van der Waals surface area contributed by atoms with Crippen molar-refractivity contribution in [3.63, 3.8) is 0 Å². The van der Waals surface area contributed by atoms with Crippen LogP contribution >= 0.6 is 23.2 Å². The summed E-state index contributed by atoms with van der Waals surface area (Å²) < 4.78 is 0. The number of hydrogen-bond donors (Lipinski definition) is 5. The number of halogens is 2. The largest absolute Gasteiger partial charge is 0.353 e. The number of carbonyl (C=O) groups excluding carboxylic acids is 3. The van der Waals surface area contributed by atoms with Crippen LogP contribution in [0.3, 0.4) is 0 Å². The van der Waals surface area contributed by atoms with Gasteiger partial charge in [0.2, 0.25) is 17.7 Å². The van der Waals surface area contributed by atoms with Crippen molar-refractivity contribution in [1.82, 2.24) is 16.0 Å². The topological polar surface area (TPSA) is 111 Å². The van der Waals surface area contributed by atoms with E-state index in [4.69, 9.17) is 23.2 Å². The maximum absolute atomic E-state index is 12.8. The van der Waals surface area contributed by atoms with E-state index in [0.29, 0.717) is 15.7 Å². The van der Waals surface area contributed by atoms with Gasteiger partial charge >= 0.3 is 0 Å². The quantitative estimate of drug-likeness (QED) is 0.492. The standard InChI is InChI=1S/C20H19Cl2N5O3/c21-10-1-5-12(6-2-10)23-18(29)14-9-15(28)25-17-16(14)19(30)27-20(26-17)24-13-7-3-11(22)4-8-13/h1-8,14,16-17,20,24,26H,9H2,(H,23,29)(H,25,28)(H,27,30). The second kappa shape index (κ2) is 8.51. The van der Waals surface area contributed by atoms with Gasteiger partial charge in [-0.2, -0.15) is 0 Å². The molecule has 0 aliphatic carbocycles. The molecule has 0 saturated carbocycles. The Morgan fingerprint density at radius 3 is 2.13 bits per heavy atom. The number of carbonyl (C=O) groups is 3. The molecule has 2 saturated heterocycles. The first-order chi connectivity index (χ1) is 14.4. The first kappa shape index (κ1) is 20.5. The third-order valence-electron chi connectivity index (χ3n) is 5.05. The lowest BCUT2D eigenvalue weighted by Crippen LogP contribution is -2.72. The molecule has 10 heteroatoms. The van der Waals surface area contributed by atoms with Gasteiger partial charge in [-0.1, -0.05) is 23.2 Å². The molecule has 0 bridgehead atoms. The van der Waals surface area contributed by atoms with Crippen molar-refractivity contribution in [2.75, 3.05) is 10.6 Å². The van der Waals surface area contributed by atoms with E-state index in [0.717, 1.165) is 5.69 Å². The molecule has 0 radical (unpaired) electrons. The number of anilines is 2. The van der Waals surface area contributed by atoms with Gasteiger partial charge < -0.3 is 21.3 Å². The molecular formula is C20H19Cl2N5O3. The maximum Gasteiger partial charge on any atom is 0.229 e. The summed E-state index contributed by atoms with van der Waals surface area (Å²) in [4.78, 5) is 37.9. The smallest absolute Gasteiger partial charge is 0.229 e. The molecule has 2 heterocycles. The fourth-order valence-corrected chi connectivity index (χ4v) is 3.89. The summed E-state index contributed by atoms with van der Waals surface area (Å²) in [6.45, 7) is 0. The summed E-state index contributed by atoms with van der Waals surface area (Å²) >= 11 is 11.8. The number of amides is 3. The van der Waals surface area contributed by atoms with Gasteiger partial charge in [0.25, 0.3) is 0 Å². The Balaban J connectivity index is 1.47. The van der Waals surface area contributed by atoms with E-state index in [1.165, 1.54) is 0 Å². The van der Waals surface area contributed by atoms with Crippen molar-refractivity contribution in [3.8, 4) is 0 Å². The van der Waals surface area contributed by atoms with Gasteiger partial charge in [0, 0.05) is 27.8 Å². The lowest BCUT2D eigenvalue weighted by molar-refractivity contribution is -0.144. The molecule has 4 unspecified atom stereocenters. The molecule has 5 N–H and O–H groups in total. The molecule has 2 aliphatic heterocycles. The molecule has 156 valence electrons. The summed E-state index contributed by atoms with van der Waals surface area (Å²) in [6, 6.07) is 13.6. The van der Waals surface area contributed by atoms with Crippen molar-refractivity contribution in [2.24, 2.45) is 11.8 Å². The number of piperidine rings is 1. The number of rotatable bonds is 4. The summed E-state index contributed by atoms with van der Waals surface area (Å²) in [5.41, 5.74) is 1.27. The van der Waals surface area contributed by atoms with Crippen LogP contribution in [0.25, 0.3) is 0 Å². The molecule has 2 aromatic carbocycles. The minimum atomic E-state index is -0.816. The van der Waals surface area contributed by atoms with Crippen LogP contribution in [0.15, 0.2) is 48.5 Å². The monoisotopic (exact) mass is 447 g/mol. The van der Waals surface area contributed by atoms with Crippen molar-refractivity contribution in [1.29, 1.82) is 0 Å². The molecule has 3 amide bonds. The van der Waals surface area contributed by atoms with Crippen LogP contribution in [-0.2, 0) is 14.4 Å². The van der Waals surface area contributed by atoms with Gasteiger partial charge in [-0.3, -0.25) is 19.7 Å². The van der Waals surface area contributed by atoms with E-state index >= 15 is 0 Å². The zero-order chi connectivity index (χ0) is 21.3. The zero-order valence-electron chi connectivity index (χ0n) is 15.6. The van der Waals surface area contributed by atoms with Crippen LogP contribution in [0, 0.1) is 11.8 Å². The number of benzene rings is 2. The van der Waals surface area contributed by atoms with Crippen LogP contribution < -0.4 is 26.6 Å². The predicted molar refractivity (Wildman–Crippen MR) is 114 cm³/mol. The molecule has 0 aromatic heterocycles. The lowest BCUT2D eigenvalue weighted by atomic mass is 9.81. The molecule has 4 atom stereocenters. The number of nitrogens with one attached hydrogen (secondary N) is 5. The van der Waals surface area contributed by atoms with E-state index in [2.05, 4.69) is 26.6 Å². The highest BCUT2D eigenvalue weighted by Crippen LogP contribution is 2.28. The fraction of sp³-hybridized carbons (Fsp3) is 0.250. The second-order valence-electron chi connectivity index (χ2n) is 7.14. The van der Waals surface area contributed by atoms with E-state index in [-0.39, 0.29) is 18.2 Å². The Morgan fingerprint density at radius 1 is 0.900 bits per heavy atom. The van der Waals surface area contributed by atoms with Crippen molar-refractivity contribution in [3.05, 3.63) is 58.6 Å². The van der Waals surface area contributed by atoms with E-state index in [1.807, 2.05) is 0 Å². The Kier molecular flexibility index (Phi) is 5.80. The van der Waals surface area contributed by atoms with Gasteiger partial charge in [0.1, 0.15) is 0 Å². The van der Waals surface area contributed by atoms with Gasteiger partial charge in [-0.25, -0.2) is 0 Å². The minimum Gasteiger partial charge on any atom is -0.353 e. The van der Waals surface area contributed by atoms with Gasteiger partial charge in [0.15, 0.2) is 6.29 Å². The van der Waals surface area contributed by atoms with Gasteiger partial charge in [0.05, 0.1) is 18.0 Å². The molecule has 0 spiro atoms. The third kappa shape index (κ3) is 4.51. The fourth-order valence-electron chi connectivity index (χ4n) is 3.63. The summed E-state index contributed by atoms with van der Waals surface area (Å²) in [7, 11) is 0. The Hall–Kier alpha value is -2.81. The van der Waals surface area contributed by atoms with Gasteiger partial charge in [-0.15, -0.1) is 0 Å². The lowest BCUT2D eigenvalue weighted by Gasteiger charge is -2.43. The zero-order valence-corrected chi connectivity index (χ0v) is 17.1. The third-order valence-corrected chi connectivity index (χ3v) is 5.56. The predicted octanol–water partition coefficient (Wildman–Crippen LogP) is 2.13. The molecule has 2 aliphatic rings. The van der Waals surface area contributed by atoms with E-state index in [1.54, 1.807) is 48.5 Å². The molecule has 8 nitrogen and oxygen atoms in total. The van der Waals surface area contributed by atoms with E-state index < -0.39 is 30.2 Å². The SMILES string of the molecule is O=C1CC(C(=O)Nc2ccc(Cl)cc2)C2C(=O)NC(Nc3ccc(Cl)cc3)NC2N1. The second-order valence-corrected chi connectivity index (χ2v) is 8.01. The van der Waals surface area contributed by atoms with Crippen molar-refractivity contribution < 1.29 is 14.4 Å². The summed E-state index contributed by atoms with van der Waals surface area (Å²) in [5.74, 6) is -2.61. The number of hydrogen-bond acceptors (Lipinski definition) is 5. The Bertz CT molecular complexity index is 967. The summed E-state index contributed by atoms with van der Waals surface area (Å²) in [5, 5.41) is 15.7. The van der Waals surface area contributed by atoms with Crippen LogP contribution in [0.1, 0.15) is 6.42 Å². The van der Waals surface area contributed by atoms with Crippen LogP contribution in [0.5, 0.6) is 0 Å². The average molecular weight is 448 g/mol. The Morgan fingerprint density at radius 2 is 1.50 bits per heavy atom. The van der Waals surface area contributed by atoms with E-state index in [9.17, 15) is 14.4 Å². The highest BCUT2D eigenvalue weighted by Gasteiger charge is 2.48. The molecule has 30 heavy (non-hydrogen) atoms. The van der Waals surface area contributed by atoms with Crippen molar-refractivity contribution >= 4 is 52.3 Å². The average Bonchev–Trinajstić information content (AvgIpc) is 2.70. The maximum atomic E-state index is 12.8. The van der Waals surface area contributed by atoms with Crippen LogP contribution in [0.4, 0.5) is 11.4 Å². The highest BCUT2D eigenvalue weighted by atomic mass is 35.5. The highest BCUT2D eigenvalue weighted by molar-refractivity contribution is 6.30.